The Morgan fingerprint density at radius 2 is 1.77 bits per heavy atom. The number of hydrogen-bond acceptors (Lipinski definition) is 12. The topological polar surface area (TPSA) is 168 Å². The first-order valence-corrected chi connectivity index (χ1v) is 13.1. The summed E-state index contributed by atoms with van der Waals surface area (Å²) in [4.78, 5) is 48.4. The lowest BCUT2D eigenvalue weighted by molar-refractivity contribution is -0.341. The number of fused-ring (bicyclic) bond motifs is 1. The number of amides is 1. The number of phosphoric acid groups is 1. The molecule has 0 bridgehead atoms. The van der Waals surface area contributed by atoms with Crippen molar-refractivity contribution in [1.29, 1.82) is 0 Å². The van der Waals surface area contributed by atoms with Crippen molar-refractivity contribution in [3.8, 4) is 23.0 Å². The number of carbonyl (C=O) groups excluding carboxylic acids is 1. The van der Waals surface area contributed by atoms with Crippen LogP contribution in [-0.4, -0.2) is 54.5 Å². The number of aromatic nitrogens is 3. The smallest absolute Gasteiger partial charge is 0.273 e. The van der Waals surface area contributed by atoms with Crippen LogP contribution in [0.25, 0.3) is 0 Å². The predicted molar refractivity (Wildman–Crippen MR) is 134 cm³/mol. The summed E-state index contributed by atoms with van der Waals surface area (Å²) in [6.45, 7) is 1.66. The fourth-order valence-electron chi connectivity index (χ4n) is 3.93. The molecule has 3 aromatic rings. The largest absolute Gasteiger partial charge is 0.790 e. The Morgan fingerprint density at radius 1 is 1.10 bits per heavy atom. The molecule has 0 unspecified atom stereocenters. The van der Waals surface area contributed by atoms with E-state index in [0.717, 1.165) is 6.20 Å². The number of methoxy groups -OCH3 is 3. The lowest BCUT2D eigenvalue weighted by atomic mass is 10.1. The molecule has 2 aromatic heterocycles. The van der Waals surface area contributed by atoms with Gasteiger partial charge in [-0.3, -0.25) is 9.69 Å². The van der Waals surface area contributed by atoms with E-state index < -0.39 is 50.4 Å². The number of carbonyl (C=O) groups is 1. The third-order valence-electron chi connectivity index (χ3n) is 5.77. The molecule has 15 heteroatoms. The zero-order valence-corrected chi connectivity index (χ0v) is 23.0. The number of pyridine rings is 1. The average Bonchev–Trinajstić information content (AvgIpc) is 2.93. The van der Waals surface area contributed by atoms with E-state index in [-0.39, 0.29) is 35.2 Å². The maximum atomic E-state index is 14.9. The van der Waals surface area contributed by atoms with E-state index in [4.69, 9.17) is 21.7 Å². The fraction of sp³-hybridized carbons (Fsp3) is 0.360. The standard InChI is InChI=1S/C25H28FN4O9P/c1-25(2)24(31)30(13-38-40(32,33)34)23-18(39-25)7-6-15(28-23)11-17-16(26)12-27-21(29-17)10-14-8-19(35-3)22(37-5)20(9-14)36-4/h6-9,12H,10-11,13H2,1-5H3,(H2,32,33,34)/p-2/i6D,7D. The van der Waals surface area contributed by atoms with E-state index >= 15 is 0 Å². The van der Waals surface area contributed by atoms with Gasteiger partial charge in [-0.15, -0.1) is 0 Å². The van der Waals surface area contributed by atoms with Crippen molar-refractivity contribution in [2.45, 2.75) is 32.3 Å². The molecule has 0 spiro atoms. The number of rotatable bonds is 10. The highest BCUT2D eigenvalue weighted by Crippen LogP contribution is 2.39. The second-order valence-corrected chi connectivity index (χ2v) is 10.1. The Bertz CT molecular complexity index is 1560. The second-order valence-electron chi connectivity index (χ2n) is 8.98. The number of ether oxygens (including phenoxy) is 4. The number of phosphoric ester groups is 1. The minimum Gasteiger partial charge on any atom is -0.790 e. The average molecular weight is 578 g/mol. The molecule has 0 radical (unpaired) electrons. The van der Waals surface area contributed by atoms with Gasteiger partial charge in [-0.1, -0.05) is 0 Å². The molecule has 1 aliphatic heterocycles. The van der Waals surface area contributed by atoms with Crippen LogP contribution in [0.1, 0.15) is 39.4 Å². The molecule has 1 aromatic carbocycles. The van der Waals surface area contributed by atoms with Gasteiger partial charge in [0.15, 0.2) is 34.5 Å². The van der Waals surface area contributed by atoms with Crippen molar-refractivity contribution in [1.82, 2.24) is 15.0 Å². The van der Waals surface area contributed by atoms with Crippen molar-refractivity contribution in [3.63, 3.8) is 0 Å². The molecule has 214 valence electrons. The summed E-state index contributed by atoms with van der Waals surface area (Å²) in [5, 5.41) is 0. The van der Waals surface area contributed by atoms with Gasteiger partial charge in [0.25, 0.3) is 5.91 Å². The summed E-state index contributed by atoms with van der Waals surface area (Å²) in [5.41, 5.74) is -1.28. The molecule has 3 heterocycles. The van der Waals surface area contributed by atoms with Crippen molar-refractivity contribution >= 4 is 19.5 Å². The molecule has 0 saturated heterocycles. The highest BCUT2D eigenvalue weighted by molar-refractivity contribution is 7.43. The van der Waals surface area contributed by atoms with Crippen molar-refractivity contribution in [3.05, 3.63) is 59.0 Å². The van der Waals surface area contributed by atoms with Crippen LogP contribution in [0.3, 0.4) is 0 Å². The third kappa shape index (κ3) is 6.31. The number of nitrogens with zero attached hydrogens (tertiary/aromatic N) is 4. The normalized spacial score (nSPS) is 15.1. The molecule has 0 fully saturated rings. The Balaban J connectivity index is 1.71. The second kappa shape index (κ2) is 11.3. The van der Waals surface area contributed by atoms with Crippen LogP contribution in [0.4, 0.5) is 10.2 Å². The first-order chi connectivity index (χ1) is 19.7. The van der Waals surface area contributed by atoms with Gasteiger partial charge in [0, 0.05) is 18.5 Å². The van der Waals surface area contributed by atoms with Crippen molar-refractivity contribution < 1.29 is 49.7 Å². The molecule has 0 saturated carbocycles. The number of benzene rings is 1. The van der Waals surface area contributed by atoms with Gasteiger partial charge in [-0.2, -0.15) is 0 Å². The van der Waals surface area contributed by atoms with Crippen LogP contribution in [0, 0.1) is 5.82 Å². The summed E-state index contributed by atoms with van der Waals surface area (Å²) in [5.74, 6) is -0.933. The summed E-state index contributed by atoms with van der Waals surface area (Å²) in [7, 11) is -1.10. The summed E-state index contributed by atoms with van der Waals surface area (Å²) in [6, 6.07) is 2.43. The summed E-state index contributed by atoms with van der Waals surface area (Å²) < 4.78 is 68.8. The Labute approximate surface area is 231 Å². The van der Waals surface area contributed by atoms with Gasteiger partial charge in [-0.05, 0) is 43.6 Å². The van der Waals surface area contributed by atoms with E-state index in [2.05, 4.69) is 19.5 Å². The highest BCUT2D eigenvalue weighted by Gasteiger charge is 2.42. The molecular formula is C25H26FN4O9P-2. The zero-order chi connectivity index (χ0) is 31.0. The maximum absolute atomic E-state index is 14.9. The lowest BCUT2D eigenvalue weighted by Gasteiger charge is -2.39. The molecule has 40 heavy (non-hydrogen) atoms. The van der Waals surface area contributed by atoms with Crippen LogP contribution in [0.2, 0.25) is 0 Å². The van der Waals surface area contributed by atoms with E-state index in [9.17, 15) is 23.5 Å². The highest BCUT2D eigenvalue weighted by atomic mass is 31.2. The van der Waals surface area contributed by atoms with Crippen LogP contribution >= 0.6 is 7.82 Å². The van der Waals surface area contributed by atoms with Gasteiger partial charge < -0.3 is 37.8 Å². The van der Waals surface area contributed by atoms with Gasteiger partial charge in [0.05, 0.1) is 43.8 Å². The number of anilines is 1. The molecule has 0 atom stereocenters. The van der Waals surface area contributed by atoms with E-state index in [1.165, 1.54) is 35.2 Å². The maximum Gasteiger partial charge on any atom is 0.273 e. The first kappa shape index (κ1) is 26.4. The molecule has 1 amide bonds. The monoisotopic (exact) mass is 578 g/mol. The minimum absolute atomic E-state index is 0.131. The van der Waals surface area contributed by atoms with E-state index in [1.54, 1.807) is 12.1 Å². The third-order valence-corrected chi connectivity index (χ3v) is 6.20. The van der Waals surface area contributed by atoms with Crippen molar-refractivity contribution in [2.24, 2.45) is 0 Å². The predicted octanol–water partition coefficient (Wildman–Crippen LogP) is 1.52. The Kier molecular flexibility index (Phi) is 7.48. The lowest BCUT2D eigenvalue weighted by Crippen LogP contribution is -2.53. The Hall–Kier alpha value is -3.84. The SMILES string of the molecule is [2H]c1c(Cc2nc(Cc3cc(OC)c(OC)c(OC)c3)ncc2F)nc2c(c1[2H])OC(C)(C)C(=O)N2COP(=O)([O-])[O-]. The van der Waals surface area contributed by atoms with Crippen LogP contribution in [0.5, 0.6) is 23.0 Å². The number of hydrogen-bond donors (Lipinski definition) is 0. The first-order valence-electron chi connectivity index (χ1n) is 12.7. The van der Waals surface area contributed by atoms with Crippen LogP contribution < -0.4 is 33.6 Å². The summed E-state index contributed by atoms with van der Waals surface area (Å²) in [6.07, 6.45) is 0.684. The van der Waals surface area contributed by atoms with Gasteiger partial charge in [0.1, 0.15) is 12.6 Å². The van der Waals surface area contributed by atoms with Crippen LogP contribution in [0.15, 0.2) is 30.4 Å². The Morgan fingerprint density at radius 3 is 2.38 bits per heavy atom. The molecule has 4 rings (SSSR count). The minimum atomic E-state index is -5.49. The number of halogens is 1. The molecule has 1 aliphatic rings. The quantitative estimate of drug-likeness (QED) is 0.319. The summed E-state index contributed by atoms with van der Waals surface area (Å²) >= 11 is 0. The van der Waals surface area contributed by atoms with Gasteiger partial charge in [0.2, 0.25) is 5.75 Å². The van der Waals surface area contributed by atoms with Crippen LogP contribution in [-0.2, 0) is 26.7 Å². The van der Waals surface area contributed by atoms with E-state index in [0.29, 0.717) is 27.7 Å². The molecule has 0 aliphatic carbocycles. The molecule has 0 N–H and O–H groups in total. The fourth-order valence-corrected chi connectivity index (χ4v) is 4.19. The van der Waals surface area contributed by atoms with Crippen molar-refractivity contribution in [2.75, 3.05) is 33.0 Å². The molecular weight excluding hydrogens is 550 g/mol. The van der Waals surface area contributed by atoms with Gasteiger partial charge >= 0.3 is 0 Å². The van der Waals surface area contributed by atoms with Gasteiger partial charge in [-0.25, -0.2) is 19.3 Å². The van der Waals surface area contributed by atoms with E-state index in [1.807, 2.05) is 0 Å². The zero-order valence-electron chi connectivity index (χ0n) is 24.1. The molecule has 13 nitrogen and oxygen atoms in total.